The number of carbonyl (C=O) groups is 4. The molecule has 41 heavy (non-hydrogen) atoms. The predicted molar refractivity (Wildman–Crippen MR) is 147 cm³/mol. The van der Waals surface area contributed by atoms with Crippen LogP contribution in [0.5, 0.6) is 0 Å². The van der Waals surface area contributed by atoms with Crippen molar-refractivity contribution in [3.05, 3.63) is 101 Å². The Balaban J connectivity index is 1.69. The Kier molecular flexibility index (Phi) is 8.96. The van der Waals surface area contributed by atoms with Crippen molar-refractivity contribution in [3.63, 3.8) is 0 Å². The first-order valence-corrected chi connectivity index (χ1v) is 13.0. The Bertz CT molecular complexity index is 1460. The summed E-state index contributed by atoms with van der Waals surface area (Å²) in [6.07, 6.45) is -1.61. The van der Waals surface area contributed by atoms with Crippen LogP contribution in [-0.2, 0) is 9.59 Å². The monoisotopic (exact) mass is 564 g/mol. The summed E-state index contributed by atoms with van der Waals surface area (Å²) in [6.45, 7) is 3.86. The van der Waals surface area contributed by atoms with Gasteiger partial charge in [0, 0.05) is 24.7 Å². The van der Waals surface area contributed by atoms with Gasteiger partial charge in [0.15, 0.2) is 6.17 Å². The van der Waals surface area contributed by atoms with Crippen LogP contribution in [0.15, 0.2) is 66.7 Å². The lowest BCUT2D eigenvalue weighted by molar-refractivity contribution is -0.138. The number of carboxylic acids is 1. The molecule has 1 aliphatic rings. The second-order valence-electron chi connectivity index (χ2n) is 9.91. The van der Waals surface area contributed by atoms with E-state index in [9.17, 15) is 33.1 Å². The normalized spacial score (nSPS) is 15.7. The first-order chi connectivity index (χ1) is 19.5. The minimum atomic E-state index is -1.48. The van der Waals surface area contributed by atoms with Gasteiger partial charge in [-0.3, -0.25) is 19.3 Å². The van der Waals surface area contributed by atoms with Gasteiger partial charge < -0.3 is 20.6 Å². The van der Waals surface area contributed by atoms with Crippen molar-refractivity contribution in [3.8, 4) is 0 Å². The first kappa shape index (κ1) is 29.2. The summed E-state index contributed by atoms with van der Waals surface area (Å²) in [7, 11) is 0. The van der Waals surface area contributed by atoms with E-state index in [1.54, 1.807) is 42.5 Å². The first-order valence-electron chi connectivity index (χ1n) is 13.0. The fraction of sp³-hybridized carbons (Fsp3) is 0.267. The van der Waals surface area contributed by atoms with Gasteiger partial charge in [-0.2, -0.15) is 0 Å². The maximum absolute atomic E-state index is 14.3. The van der Waals surface area contributed by atoms with Crippen LogP contribution in [0.4, 0.5) is 19.3 Å². The molecule has 1 saturated heterocycles. The highest BCUT2D eigenvalue weighted by Crippen LogP contribution is 2.24. The van der Waals surface area contributed by atoms with E-state index in [0.29, 0.717) is 23.6 Å². The molecule has 3 aromatic carbocycles. The smallest absolute Gasteiger partial charge is 0.323 e. The lowest BCUT2D eigenvalue weighted by atomic mass is 10.0. The minimum Gasteiger partial charge on any atom is -0.481 e. The van der Waals surface area contributed by atoms with Crippen molar-refractivity contribution >= 4 is 29.5 Å². The number of carbonyl (C=O) groups excluding carboxylic acids is 3. The quantitative estimate of drug-likeness (QED) is 0.387. The molecule has 0 saturated carbocycles. The Labute approximate surface area is 235 Å². The number of anilines is 1. The van der Waals surface area contributed by atoms with Crippen molar-refractivity contribution in [1.29, 1.82) is 0 Å². The van der Waals surface area contributed by atoms with Crippen molar-refractivity contribution in [2.45, 2.75) is 38.9 Å². The number of amides is 4. The molecule has 2 atom stereocenters. The van der Waals surface area contributed by atoms with E-state index in [4.69, 9.17) is 0 Å². The van der Waals surface area contributed by atoms with E-state index >= 15 is 0 Å². The van der Waals surface area contributed by atoms with Gasteiger partial charge in [0.05, 0.1) is 18.2 Å². The second kappa shape index (κ2) is 12.6. The van der Waals surface area contributed by atoms with Crippen LogP contribution in [0.25, 0.3) is 0 Å². The number of carboxylic acid groups (broad SMARTS) is 1. The summed E-state index contributed by atoms with van der Waals surface area (Å²) in [6, 6.07) is 14.5. The summed E-state index contributed by atoms with van der Waals surface area (Å²) in [5.41, 5.74) is 2.30. The molecule has 4 amide bonds. The predicted octanol–water partition coefficient (Wildman–Crippen LogP) is 4.62. The largest absolute Gasteiger partial charge is 0.481 e. The molecule has 4 rings (SSSR count). The van der Waals surface area contributed by atoms with Gasteiger partial charge in [-0.15, -0.1) is 0 Å². The van der Waals surface area contributed by atoms with E-state index in [0.717, 1.165) is 28.2 Å². The van der Waals surface area contributed by atoms with Crippen LogP contribution < -0.4 is 10.6 Å². The molecule has 11 heteroatoms. The highest BCUT2D eigenvalue weighted by atomic mass is 19.1. The van der Waals surface area contributed by atoms with Crippen LogP contribution in [0.3, 0.4) is 0 Å². The maximum Gasteiger partial charge on any atom is 0.323 e. The lowest BCUT2D eigenvalue weighted by Crippen LogP contribution is -2.64. The molecule has 0 aliphatic carbocycles. The van der Waals surface area contributed by atoms with Crippen LogP contribution in [-0.4, -0.2) is 58.0 Å². The number of aryl methyl sites for hydroxylation is 2. The summed E-state index contributed by atoms with van der Waals surface area (Å²) < 4.78 is 27.7. The van der Waals surface area contributed by atoms with Crippen molar-refractivity contribution in [1.82, 2.24) is 15.1 Å². The van der Waals surface area contributed by atoms with Gasteiger partial charge in [-0.05, 0) is 50.1 Å². The SMILES string of the molecule is Cc1ccc(C(=O)N2CCCN(C(=O)Nc3ccc(F)cc3F)C2C(=O)NC(CC(=O)O)c2cccc(C)c2)cc1. The number of nitrogens with zero attached hydrogens (tertiary/aromatic N) is 2. The number of nitrogens with one attached hydrogen (secondary N) is 2. The number of hydrogen-bond donors (Lipinski definition) is 3. The summed E-state index contributed by atoms with van der Waals surface area (Å²) in [4.78, 5) is 54.9. The summed E-state index contributed by atoms with van der Waals surface area (Å²) in [5.74, 6) is -4.29. The number of aliphatic carboxylic acids is 1. The fourth-order valence-corrected chi connectivity index (χ4v) is 4.73. The zero-order valence-corrected chi connectivity index (χ0v) is 22.6. The maximum atomic E-state index is 14.3. The number of hydrogen-bond acceptors (Lipinski definition) is 4. The molecule has 0 spiro atoms. The van der Waals surface area contributed by atoms with Gasteiger partial charge in [0.2, 0.25) is 0 Å². The van der Waals surface area contributed by atoms with E-state index in [2.05, 4.69) is 10.6 Å². The van der Waals surface area contributed by atoms with Crippen LogP contribution in [0, 0.1) is 25.5 Å². The molecule has 1 fully saturated rings. The second-order valence-corrected chi connectivity index (χ2v) is 9.91. The van der Waals surface area contributed by atoms with Gasteiger partial charge in [0.25, 0.3) is 11.8 Å². The number of benzene rings is 3. The van der Waals surface area contributed by atoms with Gasteiger partial charge in [-0.25, -0.2) is 13.6 Å². The molecule has 214 valence electrons. The average molecular weight is 565 g/mol. The molecular weight excluding hydrogens is 534 g/mol. The fourth-order valence-electron chi connectivity index (χ4n) is 4.73. The molecule has 1 heterocycles. The summed E-state index contributed by atoms with van der Waals surface area (Å²) >= 11 is 0. The lowest BCUT2D eigenvalue weighted by Gasteiger charge is -2.43. The molecule has 0 radical (unpaired) electrons. The number of halogens is 2. The molecular formula is C30H30F2N4O5. The van der Waals surface area contributed by atoms with E-state index in [1.807, 2.05) is 19.9 Å². The van der Waals surface area contributed by atoms with Crippen molar-refractivity contribution in [2.24, 2.45) is 0 Å². The van der Waals surface area contributed by atoms with E-state index in [-0.39, 0.29) is 18.8 Å². The third-order valence-corrected chi connectivity index (χ3v) is 6.76. The average Bonchev–Trinajstić information content (AvgIpc) is 2.93. The number of urea groups is 1. The topological polar surface area (TPSA) is 119 Å². The Morgan fingerprint density at radius 2 is 1.63 bits per heavy atom. The van der Waals surface area contributed by atoms with Gasteiger partial charge in [0.1, 0.15) is 11.6 Å². The summed E-state index contributed by atoms with van der Waals surface area (Å²) in [5, 5.41) is 14.6. The third-order valence-electron chi connectivity index (χ3n) is 6.76. The van der Waals surface area contributed by atoms with Crippen molar-refractivity contribution < 1.29 is 33.1 Å². The Hall–Kier alpha value is -4.80. The molecule has 0 bridgehead atoms. The van der Waals surface area contributed by atoms with Crippen LogP contribution in [0.2, 0.25) is 0 Å². The molecule has 0 aromatic heterocycles. The molecule has 9 nitrogen and oxygen atoms in total. The Morgan fingerprint density at radius 3 is 2.29 bits per heavy atom. The third kappa shape index (κ3) is 7.05. The standard InChI is InChI=1S/C30H30F2N4O5/c1-18-7-9-20(10-8-18)29(40)35-13-4-14-36(30(41)34-24-12-11-22(31)16-23(24)32)28(35)27(39)33-25(17-26(37)38)21-6-3-5-19(2)15-21/h3,5-12,15-16,25,28H,4,13-14,17H2,1-2H3,(H,33,39)(H,34,41)(H,37,38). The van der Waals surface area contributed by atoms with Gasteiger partial charge >= 0.3 is 12.0 Å². The number of rotatable bonds is 7. The highest BCUT2D eigenvalue weighted by Gasteiger charge is 2.41. The molecule has 3 aromatic rings. The van der Waals surface area contributed by atoms with Gasteiger partial charge in [-0.1, -0.05) is 47.5 Å². The zero-order valence-electron chi connectivity index (χ0n) is 22.6. The highest BCUT2D eigenvalue weighted by molar-refractivity contribution is 6.00. The zero-order chi connectivity index (χ0) is 29.7. The molecule has 3 N–H and O–H groups in total. The molecule has 1 aliphatic heterocycles. The van der Waals surface area contributed by atoms with Crippen LogP contribution >= 0.6 is 0 Å². The minimum absolute atomic E-state index is 0.0401. The van der Waals surface area contributed by atoms with E-state index < -0.39 is 54.1 Å². The van der Waals surface area contributed by atoms with Crippen LogP contribution in [0.1, 0.15) is 45.9 Å². The molecule has 2 unspecified atom stereocenters. The van der Waals surface area contributed by atoms with Crippen molar-refractivity contribution in [2.75, 3.05) is 18.4 Å². The van der Waals surface area contributed by atoms with E-state index in [1.165, 1.54) is 4.90 Å². The Morgan fingerprint density at radius 1 is 0.927 bits per heavy atom.